The average molecular weight is 435 g/mol. The van der Waals surface area contributed by atoms with Crippen molar-refractivity contribution >= 4 is 17.4 Å². The summed E-state index contributed by atoms with van der Waals surface area (Å²) in [5, 5.41) is 6.26. The Bertz CT molecular complexity index is 1150. The molecule has 2 N–H and O–H groups in total. The van der Waals surface area contributed by atoms with Crippen LogP contribution in [-0.2, 0) is 9.59 Å². The van der Waals surface area contributed by atoms with Gasteiger partial charge in [0.25, 0.3) is 5.91 Å². The number of amides is 1. The van der Waals surface area contributed by atoms with E-state index < -0.39 is 5.92 Å². The number of carbonyl (C=O) groups is 2. The standard InChI is InChI=1S/C26H27FN2O3/c1-15-22(25(31)29-18-7-5-6-8-21(18)32-4)23(16-9-11-17(27)12-10-16)24-19(28-15)13-26(2,3)14-20(24)30/h5-12,23,28H,13-14H2,1-4H3,(H,29,31). The highest BCUT2D eigenvalue weighted by Gasteiger charge is 2.42. The summed E-state index contributed by atoms with van der Waals surface area (Å²) in [4.78, 5) is 26.8. The van der Waals surface area contributed by atoms with E-state index in [1.54, 1.807) is 31.4 Å². The lowest BCUT2D eigenvalue weighted by molar-refractivity contribution is -0.118. The summed E-state index contributed by atoms with van der Waals surface area (Å²) < 4.78 is 19.0. The van der Waals surface area contributed by atoms with Crippen molar-refractivity contribution in [3.63, 3.8) is 0 Å². The van der Waals surface area contributed by atoms with Crippen LogP contribution in [0.1, 0.15) is 45.1 Å². The van der Waals surface area contributed by atoms with E-state index in [1.165, 1.54) is 12.1 Å². The van der Waals surface area contributed by atoms with E-state index in [0.29, 0.717) is 46.7 Å². The molecule has 5 nitrogen and oxygen atoms in total. The third-order valence-corrected chi connectivity index (χ3v) is 6.04. The third-order valence-electron chi connectivity index (χ3n) is 6.04. The molecule has 32 heavy (non-hydrogen) atoms. The van der Waals surface area contributed by atoms with Gasteiger partial charge < -0.3 is 15.4 Å². The van der Waals surface area contributed by atoms with Crippen molar-refractivity contribution in [2.45, 2.75) is 39.5 Å². The van der Waals surface area contributed by atoms with Gasteiger partial charge in [-0.1, -0.05) is 38.1 Å². The van der Waals surface area contributed by atoms with Gasteiger partial charge in [-0.05, 0) is 48.6 Å². The molecule has 6 heteroatoms. The smallest absolute Gasteiger partial charge is 0.254 e. The predicted molar refractivity (Wildman–Crippen MR) is 122 cm³/mol. The molecule has 0 bridgehead atoms. The number of halogens is 1. The lowest BCUT2D eigenvalue weighted by Crippen LogP contribution is -2.39. The fourth-order valence-corrected chi connectivity index (χ4v) is 4.66. The molecule has 0 aromatic heterocycles. The van der Waals surface area contributed by atoms with Crippen molar-refractivity contribution in [2.24, 2.45) is 5.41 Å². The third kappa shape index (κ3) is 4.05. The Morgan fingerprint density at radius 2 is 1.81 bits per heavy atom. The molecule has 4 rings (SSSR count). The lowest BCUT2D eigenvalue weighted by Gasteiger charge is -2.39. The molecule has 166 valence electrons. The Morgan fingerprint density at radius 3 is 2.50 bits per heavy atom. The van der Waals surface area contributed by atoms with Gasteiger partial charge in [0.1, 0.15) is 11.6 Å². The van der Waals surface area contributed by atoms with Crippen molar-refractivity contribution < 1.29 is 18.7 Å². The number of ketones is 1. The first kappa shape index (κ1) is 21.8. The summed E-state index contributed by atoms with van der Waals surface area (Å²) in [5.41, 5.74) is 3.61. The van der Waals surface area contributed by atoms with Crippen LogP contribution in [0.2, 0.25) is 0 Å². The molecule has 0 saturated carbocycles. The van der Waals surface area contributed by atoms with Crippen LogP contribution in [-0.4, -0.2) is 18.8 Å². The Labute approximate surface area is 187 Å². The molecule has 0 radical (unpaired) electrons. The number of rotatable bonds is 4. The van der Waals surface area contributed by atoms with E-state index in [9.17, 15) is 14.0 Å². The molecule has 2 aromatic carbocycles. The van der Waals surface area contributed by atoms with Crippen molar-refractivity contribution in [1.82, 2.24) is 5.32 Å². The minimum absolute atomic E-state index is 0.00756. The Kier molecular flexibility index (Phi) is 5.63. The van der Waals surface area contributed by atoms with E-state index >= 15 is 0 Å². The molecule has 0 fully saturated rings. The summed E-state index contributed by atoms with van der Waals surface area (Å²) in [6.45, 7) is 5.96. The van der Waals surface area contributed by atoms with Crippen LogP contribution in [0.5, 0.6) is 5.75 Å². The molecule has 1 unspecified atom stereocenters. The summed E-state index contributed by atoms with van der Waals surface area (Å²) in [7, 11) is 1.54. The number of hydrogen-bond acceptors (Lipinski definition) is 4. The van der Waals surface area contributed by atoms with E-state index in [1.807, 2.05) is 19.1 Å². The summed E-state index contributed by atoms with van der Waals surface area (Å²) >= 11 is 0. The number of anilines is 1. The first-order valence-electron chi connectivity index (χ1n) is 10.6. The first-order valence-corrected chi connectivity index (χ1v) is 10.6. The molecule has 0 spiro atoms. The van der Waals surface area contributed by atoms with E-state index in [0.717, 1.165) is 5.70 Å². The van der Waals surface area contributed by atoms with Crippen LogP contribution in [0.3, 0.4) is 0 Å². The molecule has 1 heterocycles. The first-order chi connectivity index (χ1) is 15.2. The summed E-state index contributed by atoms with van der Waals surface area (Å²) in [6.07, 6.45) is 1.09. The normalized spacial score (nSPS) is 19.9. The number of methoxy groups -OCH3 is 1. The number of para-hydroxylation sites is 2. The minimum Gasteiger partial charge on any atom is -0.495 e. The molecule has 1 aliphatic heterocycles. The fourth-order valence-electron chi connectivity index (χ4n) is 4.66. The largest absolute Gasteiger partial charge is 0.495 e. The van der Waals surface area contributed by atoms with Gasteiger partial charge in [0.15, 0.2) is 5.78 Å². The highest BCUT2D eigenvalue weighted by Crippen LogP contribution is 2.46. The van der Waals surface area contributed by atoms with Crippen LogP contribution >= 0.6 is 0 Å². The molecular formula is C26H27FN2O3. The predicted octanol–water partition coefficient (Wildman–Crippen LogP) is 5.08. The number of benzene rings is 2. The zero-order valence-corrected chi connectivity index (χ0v) is 18.7. The van der Waals surface area contributed by atoms with Gasteiger partial charge in [0, 0.05) is 34.9 Å². The van der Waals surface area contributed by atoms with Crippen molar-refractivity contribution in [2.75, 3.05) is 12.4 Å². The highest BCUT2D eigenvalue weighted by molar-refractivity contribution is 6.10. The van der Waals surface area contributed by atoms with Crippen LogP contribution in [0, 0.1) is 11.2 Å². The second kappa shape index (κ2) is 8.26. The average Bonchev–Trinajstić information content (AvgIpc) is 2.72. The maximum absolute atomic E-state index is 13.7. The summed E-state index contributed by atoms with van der Waals surface area (Å²) in [6, 6.07) is 13.2. The van der Waals surface area contributed by atoms with Crippen molar-refractivity contribution in [1.29, 1.82) is 0 Å². The Hall–Kier alpha value is -3.41. The summed E-state index contributed by atoms with van der Waals surface area (Å²) in [5.74, 6) is -0.735. The number of nitrogens with one attached hydrogen (secondary N) is 2. The van der Waals surface area contributed by atoms with Gasteiger partial charge >= 0.3 is 0 Å². The number of carbonyl (C=O) groups excluding carboxylic acids is 2. The lowest BCUT2D eigenvalue weighted by atomic mass is 9.68. The maximum Gasteiger partial charge on any atom is 0.254 e. The van der Waals surface area contributed by atoms with Gasteiger partial charge in [-0.25, -0.2) is 4.39 Å². The maximum atomic E-state index is 13.7. The number of Topliss-reactive ketones (excluding diaryl/α,β-unsaturated/α-hetero) is 1. The molecule has 2 aromatic rings. The zero-order chi connectivity index (χ0) is 23.0. The number of hydrogen-bond donors (Lipinski definition) is 2. The second-order valence-corrected chi connectivity index (χ2v) is 9.14. The molecular weight excluding hydrogens is 407 g/mol. The molecule has 0 saturated heterocycles. The minimum atomic E-state index is -0.579. The molecule has 1 amide bonds. The van der Waals surface area contributed by atoms with Crippen LogP contribution in [0.15, 0.2) is 71.1 Å². The molecule has 2 aliphatic rings. The van der Waals surface area contributed by atoms with Gasteiger partial charge in [0.05, 0.1) is 12.8 Å². The van der Waals surface area contributed by atoms with Crippen LogP contribution in [0.25, 0.3) is 0 Å². The topological polar surface area (TPSA) is 67.4 Å². The number of ether oxygens (including phenoxy) is 1. The number of allylic oxidation sites excluding steroid dienone is 3. The van der Waals surface area contributed by atoms with E-state index in [2.05, 4.69) is 24.5 Å². The Morgan fingerprint density at radius 1 is 1.12 bits per heavy atom. The highest BCUT2D eigenvalue weighted by atomic mass is 19.1. The molecule has 1 atom stereocenters. The van der Waals surface area contributed by atoms with Gasteiger partial charge in [-0.3, -0.25) is 9.59 Å². The second-order valence-electron chi connectivity index (χ2n) is 9.14. The monoisotopic (exact) mass is 434 g/mol. The van der Waals surface area contributed by atoms with Gasteiger partial charge in [-0.2, -0.15) is 0 Å². The van der Waals surface area contributed by atoms with E-state index in [-0.39, 0.29) is 22.9 Å². The van der Waals surface area contributed by atoms with Crippen molar-refractivity contribution in [3.8, 4) is 5.75 Å². The SMILES string of the molecule is COc1ccccc1NC(=O)C1=C(C)NC2=C(C(=O)CC(C)(C)C2)C1c1ccc(F)cc1. The number of dihydropyridines is 1. The fraction of sp³-hybridized carbons (Fsp3) is 0.308. The van der Waals surface area contributed by atoms with Crippen molar-refractivity contribution in [3.05, 3.63) is 82.5 Å². The van der Waals surface area contributed by atoms with Crippen LogP contribution < -0.4 is 15.4 Å². The van der Waals surface area contributed by atoms with Crippen LogP contribution in [0.4, 0.5) is 10.1 Å². The quantitative estimate of drug-likeness (QED) is 0.705. The van der Waals surface area contributed by atoms with Gasteiger partial charge in [0.2, 0.25) is 0 Å². The Balaban J connectivity index is 1.80. The molecule has 1 aliphatic carbocycles. The van der Waals surface area contributed by atoms with Gasteiger partial charge in [-0.15, -0.1) is 0 Å². The zero-order valence-electron chi connectivity index (χ0n) is 18.7. The van der Waals surface area contributed by atoms with E-state index in [4.69, 9.17) is 4.74 Å².